The number of carbonyl (C=O) groups is 1. The maximum Gasteiger partial charge on any atom is 0.416 e. The number of carbonyl (C=O) groups excluding carboxylic acids is 1. The van der Waals surface area contributed by atoms with Gasteiger partial charge in [0.1, 0.15) is 6.61 Å². The second kappa shape index (κ2) is 22.5. The number of nitrogens with one attached hydrogen (secondary N) is 1. The summed E-state index contributed by atoms with van der Waals surface area (Å²) in [6.07, 6.45) is -4.48. The molecule has 0 fully saturated rings. The lowest BCUT2D eigenvalue weighted by molar-refractivity contribution is -0.137. The number of ether oxygens (including phenoxy) is 6. The van der Waals surface area contributed by atoms with Gasteiger partial charge in [-0.25, -0.2) is 4.79 Å². The average Bonchev–Trinajstić information content (AvgIpc) is 3.17. The minimum absolute atomic E-state index is 0.000619. The number of rotatable bonds is 24. The molecule has 0 atom stereocenters. The molecule has 0 saturated heterocycles. The molecule has 13 heteroatoms. The molecule has 0 amide bonds. The van der Waals surface area contributed by atoms with E-state index < -0.39 is 26.0 Å². The Morgan fingerprint density at radius 3 is 1.51 bits per heavy atom. The first kappa shape index (κ1) is 43.6. The van der Waals surface area contributed by atoms with Crippen LogP contribution in [0, 0.1) is 0 Å². The van der Waals surface area contributed by atoms with Gasteiger partial charge in [-0.05, 0) is 45.7 Å². The summed E-state index contributed by atoms with van der Waals surface area (Å²) in [5, 5.41) is 5.26. The van der Waals surface area contributed by atoms with E-state index in [4.69, 9.17) is 32.8 Å². The molecule has 0 bridgehead atoms. The third kappa shape index (κ3) is 13.9. The van der Waals surface area contributed by atoms with Crippen LogP contribution < -0.4 is 15.7 Å². The molecule has 0 aliphatic rings. The zero-order valence-electron chi connectivity index (χ0n) is 31.8. The van der Waals surface area contributed by atoms with Crippen molar-refractivity contribution in [3.05, 3.63) is 120 Å². The zero-order valence-corrected chi connectivity index (χ0v) is 32.8. The molecule has 1 N–H and O–H groups in total. The molecule has 9 nitrogen and oxygen atoms in total. The van der Waals surface area contributed by atoms with Crippen LogP contribution in [0.15, 0.2) is 109 Å². The van der Waals surface area contributed by atoms with Gasteiger partial charge in [0.15, 0.2) is 0 Å². The van der Waals surface area contributed by atoms with Crippen LogP contribution >= 0.6 is 0 Å². The molecule has 55 heavy (non-hydrogen) atoms. The van der Waals surface area contributed by atoms with Gasteiger partial charge in [0.05, 0.1) is 89.5 Å². The van der Waals surface area contributed by atoms with Crippen molar-refractivity contribution in [2.75, 3.05) is 84.6 Å². The Labute approximate surface area is 323 Å². The molecule has 0 unspecified atom stereocenters. The van der Waals surface area contributed by atoms with Crippen LogP contribution in [0.3, 0.4) is 0 Å². The Morgan fingerprint density at radius 2 is 1.02 bits per heavy atom. The lowest BCUT2D eigenvalue weighted by Crippen LogP contribution is -2.66. The fourth-order valence-corrected chi connectivity index (χ4v) is 10.5. The van der Waals surface area contributed by atoms with E-state index in [9.17, 15) is 18.0 Å². The molecule has 0 saturated carbocycles. The van der Waals surface area contributed by atoms with Crippen molar-refractivity contribution < 1.29 is 50.8 Å². The van der Waals surface area contributed by atoms with Gasteiger partial charge in [0.2, 0.25) is 0 Å². The minimum Gasteiger partial charge on any atom is -0.460 e. The first-order valence-corrected chi connectivity index (χ1v) is 20.3. The fraction of sp³-hybridized carbons (Fsp3) is 0.405. The van der Waals surface area contributed by atoms with Crippen LogP contribution in [0.5, 0.6) is 0 Å². The molecular formula is C42H52F3NO8Si. The maximum absolute atomic E-state index is 13.1. The van der Waals surface area contributed by atoms with Gasteiger partial charge in [-0.2, -0.15) is 13.2 Å². The highest BCUT2D eigenvalue weighted by Gasteiger charge is 2.50. The molecule has 4 rings (SSSR count). The van der Waals surface area contributed by atoms with Gasteiger partial charge in [0.25, 0.3) is 8.32 Å². The summed E-state index contributed by atoms with van der Waals surface area (Å²) in [7, 11) is -2.58. The van der Waals surface area contributed by atoms with E-state index in [1.54, 1.807) is 18.2 Å². The molecular weight excluding hydrogens is 732 g/mol. The summed E-state index contributed by atoms with van der Waals surface area (Å²) < 4.78 is 79.4. The van der Waals surface area contributed by atoms with Gasteiger partial charge in [-0.3, -0.25) is 0 Å². The number of hydrogen-bond acceptors (Lipinski definition) is 9. The first-order valence-electron chi connectivity index (χ1n) is 18.4. The predicted molar refractivity (Wildman–Crippen MR) is 209 cm³/mol. The van der Waals surface area contributed by atoms with Crippen molar-refractivity contribution in [1.82, 2.24) is 0 Å². The standard InChI is InChI=1S/C42H52F3NO8Si/c1-41(2,3)55(36-15-6-4-7-16-36,37-17-8-5-9-18-37)54-32-30-52-28-26-50-24-22-48-21-23-49-25-27-51-29-31-53-40(47)38-19-10-11-20-39(38)46-35-14-12-13-34(33-35)42(43,44)45/h4-20,33,46H,21-32H2,1-3H3. The van der Waals surface area contributed by atoms with Crippen molar-refractivity contribution in [3.8, 4) is 0 Å². The number of benzene rings is 4. The molecule has 0 radical (unpaired) electrons. The smallest absolute Gasteiger partial charge is 0.416 e. The molecule has 4 aromatic carbocycles. The minimum atomic E-state index is -4.48. The van der Waals surface area contributed by atoms with Crippen molar-refractivity contribution >= 4 is 36.0 Å². The summed E-state index contributed by atoms with van der Waals surface area (Å²) in [6.45, 7) is 11.1. The summed E-state index contributed by atoms with van der Waals surface area (Å²) in [5.74, 6) is -0.625. The van der Waals surface area contributed by atoms with E-state index >= 15 is 0 Å². The average molecular weight is 784 g/mol. The molecule has 0 spiro atoms. The normalized spacial score (nSPS) is 12.1. The summed E-state index contributed by atoms with van der Waals surface area (Å²) >= 11 is 0. The number of para-hydroxylation sites is 1. The third-order valence-electron chi connectivity index (χ3n) is 8.53. The highest BCUT2D eigenvalue weighted by molar-refractivity contribution is 6.99. The molecule has 4 aromatic rings. The van der Waals surface area contributed by atoms with Crippen molar-refractivity contribution in [3.63, 3.8) is 0 Å². The van der Waals surface area contributed by atoms with Crippen LogP contribution in [0.1, 0.15) is 36.7 Å². The van der Waals surface area contributed by atoms with Crippen molar-refractivity contribution in [2.24, 2.45) is 0 Å². The number of hydrogen-bond donors (Lipinski definition) is 1. The second-order valence-electron chi connectivity index (χ2n) is 13.5. The SMILES string of the molecule is CC(C)(C)[Si](OCCOCCOCCOCCOCCOCCOC(=O)c1ccccc1Nc1cccc(C(F)(F)F)c1)(c1ccccc1)c1ccccc1. The van der Waals surface area contributed by atoms with Gasteiger partial charge in [0, 0.05) is 5.69 Å². The molecule has 0 heterocycles. The van der Waals surface area contributed by atoms with Gasteiger partial charge in [-0.1, -0.05) is 99.6 Å². The Bertz CT molecular complexity index is 1650. The van der Waals surface area contributed by atoms with Crippen LogP contribution in [0.2, 0.25) is 5.04 Å². The summed E-state index contributed by atoms with van der Waals surface area (Å²) in [6, 6.07) is 32.2. The van der Waals surface area contributed by atoms with E-state index in [1.807, 2.05) is 12.1 Å². The van der Waals surface area contributed by atoms with Gasteiger partial charge >= 0.3 is 12.1 Å². The fourth-order valence-electron chi connectivity index (χ4n) is 5.97. The number of alkyl halides is 3. The predicted octanol–water partition coefficient (Wildman–Crippen LogP) is 7.27. The Balaban J connectivity index is 0.991. The first-order chi connectivity index (χ1) is 26.5. The molecule has 0 aliphatic carbocycles. The van der Waals surface area contributed by atoms with E-state index in [-0.39, 0.29) is 29.5 Å². The Morgan fingerprint density at radius 1 is 0.564 bits per heavy atom. The van der Waals surface area contributed by atoms with Crippen LogP contribution in [-0.2, 0) is 39.0 Å². The third-order valence-corrected chi connectivity index (χ3v) is 13.6. The zero-order chi connectivity index (χ0) is 39.4. The largest absolute Gasteiger partial charge is 0.460 e. The van der Waals surface area contributed by atoms with Crippen molar-refractivity contribution in [1.29, 1.82) is 0 Å². The van der Waals surface area contributed by atoms with Crippen molar-refractivity contribution in [2.45, 2.75) is 32.0 Å². The lowest BCUT2D eigenvalue weighted by atomic mass is 10.1. The van der Waals surface area contributed by atoms with E-state index in [2.05, 4.69) is 74.6 Å². The molecule has 0 aromatic heterocycles. The Kier molecular flexibility index (Phi) is 17.8. The molecule has 298 valence electrons. The monoisotopic (exact) mass is 783 g/mol. The number of halogens is 3. The van der Waals surface area contributed by atoms with Crippen LogP contribution in [-0.4, -0.2) is 93.6 Å². The quantitative estimate of drug-likeness (QED) is 0.0448. The number of esters is 1. The van der Waals surface area contributed by atoms with Gasteiger partial charge < -0.3 is 38.2 Å². The highest BCUT2D eigenvalue weighted by Crippen LogP contribution is 2.36. The van der Waals surface area contributed by atoms with Gasteiger partial charge in [-0.15, -0.1) is 0 Å². The molecule has 0 aliphatic heterocycles. The van der Waals surface area contributed by atoms with E-state index in [1.165, 1.54) is 28.6 Å². The van der Waals surface area contributed by atoms with E-state index in [0.29, 0.717) is 71.8 Å². The lowest BCUT2D eigenvalue weighted by Gasteiger charge is -2.43. The van der Waals surface area contributed by atoms with Crippen LogP contribution in [0.4, 0.5) is 24.5 Å². The van der Waals surface area contributed by atoms with Crippen LogP contribution in [0.25, 0.3) is 0 Å². The highest BCUT2D eigenvalue weighted by atomic mass is 28.4. The second-order valence-corrected chi connectivity index (χ2v) is 17.8. The summed E-state index contributed by atoms with van der Waals surface area (Å²) in [5.41, 5.74) is -0.0776. The topological polar surface area (TPSA) is 93.7 Å². The van der Waals surface area contributed by atoms with E-state index in [0.717, 1.165) is 12.1 Å². The summed E-state index contributed by atoms with van der Waals surface area (Å²) in [4.78, 5) is 12.6. The maximum atomic E-state index is 13.1. The Hall–Kier alpha value is -4.08. The number of anilines is 2.